The number of amides is 1. The quantitative estimate of drug-likeness (QED) is 0.716. The zero-order valence-electron chi connectivity index (χ0n) is 18.1. The van der Waals surface area contributed by atoms with Gasteiger partial charge in [0.1, 0.15) is 0 Å². The maximum absolute atomic E-state index is 13.9. The Morgan fingerprint density at radius 1 is 0.839 bits per heavy atom. The van der Waals surface area contributed by atoms with E-state index in [0.717, 1.165) is 18.7 Å². The molecule has 0 N–H and O–H groups in total. The number of sulfonamides is 1. The second-order valence-corrected chi connectivity index (χ2v) is 10.6. The molecule has 31 heavy (non-hydrogen) atoms. The molecule has 0 bridgehead atoms. The molecule has 6 nitrogen and oxygen atoms in total. The van der Waals surface area contributed by atoms with E-state index in [2.05, 4.69) is 17.0 Å². The van der Waals surface area contributed by atoms with Gasteiger partial charge >= 0.3 is 0 Å². The molecular formula is C24H31N3O3S. The summed E-state index contributed by atoms with van der Waals surface area (Å²) in [5.41, 5.74) is 1.53. The smallest absolute Gasteiger partial charge is 0.233 e. The number of hydrogen-bond donors (Lipinski definition) is 0. The minimum atomic E-state index is -3.24. The monoisotopic (exact) mass is 441 g/mol. The second-order valence-electron chi connectivity index (χ2n) is 8.36. The van der Waals surface area contributed by atoms with Crippen molar-refractivity contribution >= 4 is 21.6 Å². The van der Waals surface area contributed by atoms with Crippen LogP contribution in [0.25, 0.3) is 0 Å². The molecule has 0 radical (unpaired) electrons. The lowest BCUT2D eigenvalue weighted by molar-refractivity contribution is -0.139. The standard InChI is InChI=1S/C24H31N3O3S/c1-2-31(29,30)27-15-13-24(14-16-27,21-9-5-3-6-10-21)23(28)26-19-17-25(18-20-26)22-11-7-4-8-12-22/h3-12H,2,13-20H2,1H3. The van der Waals surface area contributed by atoms with Crippen molar-refractivity contribution in [2.75, 3.05) is 49.9 Å². The number of benzene rings is 2. The molecule has 0 spiro atoms. The largest absolute Gasteiger partial charge is 0.368 e. The van der Waals surface area contributed by atoms with E-state index in [1.165, 1.54) is 5.69 Å². The fourth-order valence-corrected chi connectivity index (χ4v) is 5.93. The Bertz CT molecular complexity index is 979. The molecule has 2 fully saturated rings. The number of para-hydroxylation sites is 1. The van der Waals surface area contributed by atoms with Gasteiger partial charge in [0.05, 0.1) is 11.2 Å². The van der Waals surface area contributed by atoms with Crippen molar-refractivity contribution in [3.8, 4) is 0 Å². The number of piperazine rings is 1. The first-order valence-corrected chi connectivity index (χ1v) is 12.7. The van der Waals surface area contributed by atoms with E-state index in [1.54, 1.807) is 11.2 Å². The van der Waals surface area contributed by atoms with Crippen molar-refractivity contribution in [1.29, 1.82) is 0 Å². The molecule has 2 aromatic rings. The summed E-state index contributed by atoms with van der Waals surface area (Å²) in [6.45, 7) is 5.42. The number of carbonyl (C=O) groups is 1. The molecule has 1 amide bonds. The fourth-order valence-electron chi connectivity index (χ4n) is 4.82. The Balaban J connectivity index is 1.53. The average Bonchev–Trinajstić information content (AvgIpc) is 2.85. The van der Waals surface area contributed by atoms with Gasteiger partial charge in [-0.3, -0.25) is 4.79 Å². The summed E-state index contributed by atoms with van der Waals surface area (Å²) in [6.07, 6.45) is 1.04. The molecule has 4 rings (SSSR count). The summed E-state index contributed by atoms with van der Waals surface area (Å²) in [4.78, 5) is 18.2. The highest BCUT2D eigenvalue weighted by molar-refractivity contribution is 7.89. The van der Waals surface area contributed by atoms with Gasteiger partial charge < -0.3 is 9.80 Å². The lowest BCUT2D eigenvalue weighted by atomic mass is 9.72. The van der Waals surface area contributed by atoms with Crippen molar-refractivity contribution < 1.29 is 13.2 Å². The van der Waals surface area contributed by atoms with Gasteiger partial charge in [-0.2, -0.15) is 0 Å². The van der Waals surface area contributed by atoms with Crippen LogP contribution < -0.4 is 4.90 Å². The van der Waals surface area contributed by atoms with Gasteiger partial charge in [0.25, 0.3) is 0 Å². The van der Waals surface area contributed by atoms with Gasteiger partial charge in [-0.05, 0) is 37.5 Å². The van der Waals surface area contributed by atoms with Crippen LogP contribution in [0.5, 0.6) is 0 Å². The molecule has 0 aliphatic carbocycles. The summed E-state index contributed by atoms with van der Waals surface area (Å²) in [6, 6.07) is 20.2. The van der Waals surface area contributed by atoms with Crippen LogP contribution >= 0.6 is 0 Å². The number of anilines is 1. The zero-order chi connectivity index (χ0) is 21.9. The van der Waals surface area contributed by atoms with Crippen LogP contribution in [0.4, 0.5) is 5.69 Å². The van der Waals surface area contributed by atoms with Gasteiger partial charge in [-0.25, -0.2) is 12.7 Å². The van der Waals surface area contributed by atoms with E-state index in [4.69, 9.17) is 0 Å². The lowest BCUT2D eigenvalue weighted by Gasteiger charge is -2.45. The normalized spacial score (nSPS) is 19.9. The lowest BCUT2D eigenvalue weighted by Crippen LogP contribution is -2.58. The molecular weight excluding hydrogens is 410 g/mol. The van der Waals surface area contributed by atoms with Crippen molar-refractivity contribution in [2.45, 2.75) is 25.2 Å². The molecule has 0 atom stereocenters. The Hall–Kier alpha value is -2.38. The molecule has 166 valence electrons. The Morgan fingerprint density at radius 3 is 1.94 bits per heavy atom. The maximum Gasteiger partial charge on any atom is 0.233 e. The Kier molecular flexibility index (Phi) is 6.34. The minimum Gasteiger partial charge on any atom is -0.368 e. The van der Waals surface area contributed by atoms with Crippen LogP contribution in [0.1, 0.15) is 25.3 Å². The van der Waals surface area contributed by atoms with Crippen LogP contribution in [0, 0.1) is 0 Å². The molecule has 2 saturated heterocycles. The van der Waals surface area contributed by atoms with E-state index >= 15 is 0 Å². The third kappa shape index (κ3) is 4.34. The summed E-state index contributed by atoms with van der Waals surface area (Å²) >= 11 is 0. The van der Waals surface area contributed by atoms with Crippen LogP contribution in [-0.4, -0.2) is 68.6 Å². The molecule has 2 aliphatic rings. The van der Waals surface area contributed by atoms with Crippen molar-refractivity contribution in [2.24, 2.45) is 0 Å². The van der Waals surface area contributed by atoms with Gasteiger partial charge in [0, 0.05) is 45.0 Å². The van der Waals surface area contributed by atoms with Crippen molar-refractivity contribution in [3.63, 3.8) is 0 Å². The number of rotatable bonds is 5. The predicted molar refractivity (Wildman–Crippen MR) is 124 cm³/mol. The van der Waals surface area contributed by atoms with Crippen LogP contribution in [0.3, 0.4) is 0 Å². The highest BCUT2D eigenvalue weighted by Crippen LogP contribution is 2.38. The minimum absolute atomic E-state index is 0.0979. The van der Waals surface area contributed by atoms with Crippen LogP contribution in [0.2, 0.25) is 0 Å². The molecule has 0 saturated carbocycles. The van der Waals surface area contributed by atoms with Crippen LogP contribution in [-0.2, 0) is 20.2 Å². The highest BCUT2D eigenvalue weighted by Gasteiger charge is 2.46. The first-order chi connectivity index (χ1) is 15.0. The van der Waals surface area contributed by atoms with Crippen molar-refractivity contribution in [3.05, 3.63) is 66.2 Å². The van der Waals surface area contributed by atoms with Crippen molar-refractivity contribution in [1.82, 2.24) is 9.21 Å². The summed E-state index contributed by atoms with van der Waals surface area (Å²) in [5.74, 6) is 0.237. The number of hydrogen-bond acceptors (Lipinski definition) is 4. The zero-order valence-corrected chi connectivity index (χ0v) is 18.9. The molecule has 2 aromatic carbocycles. The van der Waals surface area contributed by atoms with E-state index in [0.29, 0.717) is 39.0 Å². The molecule has 2 heterocycles. The first kappa shape index (κ1) is 21.8. The molecule has 0 aromatic heterocycles. The van der Waals surface area contributed by atoms with E-state index in [9.17, 15) is 13.2 Å². The SMILES string of the molecule is CCS(=O)(=O)N1CCC(C(=O)N2CCN(c3ccccc3)CC2)(c2ccccc2)CC1. The van der Waals surface area contributed by atoms with E-state index < -0.39 is 15.4 Å². The summed E-state index contributed by atoms with van der Waals surface area (Å²) in [5, 5.41) is 0. The molecule has 0 unspecified atom stereocenters. The molecule has 2 aliphatic heterocycles. The third-order valence-corrected chi connectivity index (χ3v) is 8.64. The average molecular weight is 442 g/mol. The Labute approximate surface area is 185 Å². The summed E-state index contributed by atoms with van der Waals surface area (Å²) in [7, 11) is -3.24. The summed E-state index contributed by atoms with van der Waals surface area (Å²) < 4.78 is 26.3. The number of piperidine rings is 1. The second kappa shape index (κ2) is 9.01. The first-order valence-electron chi connectivity index (χ1n) is 11.1. The van der Waals surface area contributed by atoms with Gasteiger partial charge in [-0.1, -0.05) is 48.5 Å². The topological polar surface area (TPSA) is 60.9 Å². The number of nitrogens with zero attached hydrogens (tertiary/aromatic N) is 3. The third-order valence-electron chi connectivity index (χ3n) is 6.76. The van der Waals surface area contributed by atoms with Crippen LogP contribution in [0.15, 0.2) is 60.7 Å². The maximum atomic E-state index is 13.9. The van der Waals surface area contributed by atoms with E-state index in [-0.39, 0.29) is 11.7 Å². The van der Waals surface area contributed by atoms with Gasteiger partial charge in [0.2, 0.25) is 15.9 Å². The van der Waals surface area contributed by atoms with Gasteiger partial charge in [0.15, 0.2) is 0 Å². The van der Waals surface area contributed by atoms with E-state index in [1.807, 2.05) is 53.4 Å². The van der Waals surface area contributed by atoms with Gasteiger partial charge in [-0.15, -0.1) is 0 Å². The molecule has 7 heteroatoms. The fraction of sp³-hybridized carbons (Fsp3) is 0.458. The highest BCUT2D eigenvalue weighted by atomic mass is 32.2. The number of carbonyl (C=O) groups excluding carboxylic acids is 1. The predicted octanol–water partition coefficient (Wildman–Crippen LogP) is 2.72. The Morgan fingerprint density at radius 2 is 1.39 bits per heavy atom.